The number of carbonyl (C=O) groups is 1. The Labute approximate surface area is 116 Å². The van der Waals surface area contributed by atoms with Crippen molar-refractivity contribution in [2.45, 2.75) is 26.3 Å². The predicted octanol–water partition coefficient (Wildman–Crippen LogP) is 3.88. The third-order valence-corrected chi connectivity index (χ3v) is 3.32. The first-order valence-corrected chi connectivity index (χ1v) is 7.17. The second kappa shape index (κ2) is 7.02. The quantitative estimate of drug-likeness (QED) is 0.820. The number of rotatable bonds is 5. The molecule has 1 amide bonds. The Bertz CT molecular complexity index is 381. The highest BCUT2D eigenvalue weighted by Gasteiger charge is 2.16. The lowest BCUT2D eigenvalue weighted by atomic mass is 10.0. The number of hydrogen-bond donors (Lipinski definition) is 1. The van der Waals surface area contributed by atoms with Crippen molar-refractivity contribution in [2.24, 2.45) is 5.92 Å². The first-order valence-electron chi connectivity index (χ1n) is 5.67. The number of hydrogen-bond acceptors (Lipinski definition) is 1. The average molecular weight is 319 g/mol. The number of halogens is 2. The summed E-state index contributed by atoms with van der Waals surface area (Å²) in [6.45, 7) is 4.21. The minimum absolute atomic E-state index is 0.0628. The second-order valence-corrected chi connectivity index (χ2v) is 5.54. The Kier molecular flexibility index (Phi) is 6.00. The van der Waals surface area contributed by atoms with Crippen molar-refractivity contribution < 1.29 is 4.79 Å². The summed E-state index contributed by atoms with van der Waals surface area (Å²) >= 11 is 9.27. The van der Waals surface area contributed by atoms with Crippen LogP contribution in [0, 0.1) is 5.92 Å². The van der Waals surface area contributed by atoms with Crippen molar-refractivity contribution in [2.75, 3.05) is 5.33 Å². The molecule has 4 heteroatoms. The zero-order chi connectivity index (χ0) is 12.8. The van der Waals surface area contributed by atoms with Crippen molar-refractivity contribution in [1.82, 2.24) is 5.32 Å². The van der Waals surface area contributed by atoms with E-state index in [1.54, 1.807) is 24.3 Å². The third kappa shape index (κ3) is 4.68. The molecule has 1 aromatic carbocycles. The molecule has 0 radical (unpaired) electrons. The maximum absolute atomic E-state index is 12.0. The van der Waals surface area contributed by atoms with E-state index in [2.05, 4.69) is 35.1 Å². The molecule has 0 saturated heterocycles. The van der Waals surface area contributed by atoms with Gasteiger partial charge in [0, 0.05) is 22.0 Å². The SMILES string of the molecule is CC(C)C(CCBr)NC(=O)c1cccc(Cl)c1. The maximum Gasteiger partial charge on any atom is 0.251 e. The molecule has 0 aliphatic heterocycles. The maximum atomic E-state index is 12.0. The van der Waals surface area contributed by atoms with Gasteiger partial charge in [0.25, 0.3) is 5.91 Å². The first-order chi connectivity index (χ1) is 8.04. The molecule has 1 aromatic rings. The molecule has 94 valence electrons. The number of nitrogens with one attached hydrogen (secondary N) is 1. The lowest BCUT2D eigenvalue weighted by Gasteiger charge is -2.21. The number of amides is 1. The molecule has 2 nitrogen and oxygen atoms in total. The number of benzene rings is 1. The van der Waals surface area contributed by atoms with Crippen molar-refractivity contribution in [3.8, 4) is 0 Å². The fourth-order valence-electron chi connectivity index (χ4n) is 1.57. The van der Waals surface area contributed by atoms with E-state index in [4.69, 9.17) is 11.6 Å². The molecular weight excluding hydrogens is 302 g/mol. The van der Waals surface area contributed by atoms with Gasteiger partial charge in [-0.1, -0.05) is 47.4 Å². The topological polar surface area (TPSA) is 29.1 Å². The minimum atomic E-state index is -0.0628. The van der Waals surface area contributed by atoms with E-state index in [1.165, 1.54) is 0 Å². The Morgan fingerprint density at radius 2 is 2.18 bits per heavy atom. The van der Waals surface area contributed by atoms with Crippen LogP contribution in [0.5, 0.6) is 0 Å². The van der Waals surface area contributed by atoms with Gasteiger partial charge in [0.2, 0.25) is 0 Å². The molecule has 0 bridgehead atoms. The van der Waals surface area contributed by atoms with Crippen LogP contribution in [0.1, 0.15) is 30.6 Å². The van der Waals surface area contributed by atoms with Crippen LogP contribution in [-0.2, 0) is 0 Å². The van der Waals surface area contributed by atoms with Crippen LogP contribution >= 0.6 is 27.5 Å². The number of carbonyl (C=O) groups excluding carboxylic acids is 1. The van der Waals surface area contributed by atoms with E-state index in [1.807, 2.05) is 0 Å². The van der Waals surface area contributed by atoms with Gasteiger partial charge in [-0.15, -0.1) is 0 Å². The van der Waals surface area contributed by atoms with Gasteiger partial charge in [0.15, 0.2) is 0 Å². The molecule has 1 unspecified atom stereocenters. The van der Waals surface area contributed by atoms with E-state index in [0.29, 0.717) is 16.5 Å². The van der Waals surface area contributed by atoms with Gasteiger partial charge in [-0.2, -0.15) is 0 Å². The summed E-state index contributed by atoms with van der Waals surface area (Å²) in [6, 6.07) is 7.18. The lowest BCUT2D eigenvalue weighted by Crippen LogP contribution is -2.38. The van der Waals surface area contributed by atoms with Crippen LogP contribution in [0.15, 0.2) is 24.3 Å². The molecule has 0 aliphatic rings. The molecule has 0 aromatic heterocycles. The smallest absolute Gasteiger partial charge is 0.251 e. The van der Waals surface area contributed by atoms with Crippen molar-refractivity contribution >= 4 is 33.4 Å². The number of alkyl halides is 1. The van der Waals surface area contributed by atoms with Crippen LogP contribution in [0.2, 0.25) is 5.02 Å². The Hall–Kier alpha value is -0.540. The van der Waals surface area contributed by atoms with E-state index >= 15 is 0 Å². The predicted molar refractivity (Wildman–Crippen MR) is 76.0 cm³/mol. The van der Waals surface area contributed by atoms with Gasteiger partial charge in [-0.05, 0) is 30.5 Å². The molecule has 0 heterocycles. The van der Waals surface area contributed by atoms with E-state index in [-0.39, 0.29) is 11.9 Å². The third-order valence-electron chi connectivity index (χ3n) is 2.63. The largest absolute Gasteiger partial charge is 0.349 e. The van der Waals surface area contributed by atoms with Crippen molar-refractivity contribution in [3.63, 3.8) is 0 Å². The Balaban J connectivity index is 2.70. The zero-order valence-corrected chi connectivity index (χ0v) is 12.4. The van der Waals surface area contributed by atoms with Crippen LogP contribution < -0.4 is 5.32 Å². The summed E-state index contributed by atoms with van der Waals surface area (Å²) in [7, 11) is 0. The summed E-state index contributed by atoms with van der Waals surface area (Å²) in [5, 5.41) is 4.50. The van der Waals surface area contributed by atoms with Crippen LogP contribution in [-0.4, -0.2) is 17.3 Å². The molecule has 1 atom stereocenters. The Morgan fingerprint density at radius 3 is 2.71 bits per heavy atom. The van der Waals surface area contributed by atoms with Gasteiger partial charge < -0.3 is 5.32 Å². The summed E-state index contributed by atoms with van der Waals surface area (Å²) in [5.41, 5.74) is 0.609. The molecular formula is C13H17BrClNO. The van der Waals surface area contributed by atoms with Crippen LogP contribution in [0.25, 0.3) is 0 Å². The standard InChI is InChI=1S/C13H17BrClNO/c1-9(2)12(6-7-14)16-13(17)10-4-3-5-11(15)8-10/h3-5,8-9,12H,6-7H2,1-2H3,(H,16,17). The van der Waals surface area contributed by atoms with Gasteiger partial charge in [0.1, 0.15) is 0 Å². The van der Waals surface area contributed by atoms with Crippen LogP contribution in [0.4, 0.5) is 0 Å². The summed E-state index contributed by atoms with van der Waals surface area (Å²) in [5.74, 6) is 0.350. The molecule has 17 heavy (non-hydrogen) atoms. The van der Waals surface area contributed by atoms with Gasteiger partial charge in [0.05, 0.1) is 0 Å². The minimum Gasteiger partial charge on any atom is -0.349 e. The summed E-state index contributed by atoms with van der Waals surface area (Å²) < 4.78 is 0. The molecule has 0 fully saturated rings. The molecule has 0 saturated carbocycles. The van der Waals surface area contributed by atoms with Gasteiger partial charge in [-0.25, -0.2) is 0 Å². The van der Waals surface area contributed by atoms with E-state index in [0.717, 1.165) is 11.8 Å². The second-order valence-electron chi connectivity index (χ2n) is 4.31. The molecule has 0 spiro atoms. The zero-order valence-electron chi connectivity index (χ0n) is 10.0. The van der Waals surface area contributed by atoms with Crippen molar-refractivity contribution in [3.05, 3.63) is 34.9 Å². The molecule has 1 rings (SSSR count). The van der Waals surface area contributed by atoms with E-state index in [9.17, 15) is 4.79 Å². The molecule has 1 N–H and O–H groups in total. The first kappa shape index (κ1) is 14.5. The highest BCUT2D eigenvalue weighted by Crippen LogP contribution is 2.13. The normalized spacial score (nSPS) is 12.5. The highest BCUT2D eigenvalue weighted by molar-refractivity contribution is 9.09. The monoisotopic (exact) mass is 317 g/mol. The van der Waals surface area contributed by atoms with Gasteiger partial charge in [-0.3, -0.25) is 4.79 Å². The highest BCUT2D eigenvalue weighted by atomic mass is 79.9. The van der Waals surface area contributed by atoms with E-state index < -0.39 is 0 Å². The van der Waals surface area contributed by atoms with Crippen LogP contribution in [0.3, 0.4) is 0 Å². The average Bonchev–Trinajstić information content (AvgIpc) is 2.28. The summed E-state index contributed by atoms with van der Waals surface area (Å²) in [4.78, 5) is 12.0. The lowest BCUT2D eigenvalue weighted by molar-refractivity contribution is 0.0925. The fraction of sp³-hybridized carbons (Fsp3) is 0.462. The molecule has 0 aliphatic carbocycles. The van der Waals surface area contributed by atoms with Gasteiger partial charge >= 0.3 is 0 Å². The summed E-state index contributed by atoms with van der Waals surface area (Å²) in [6.07, 6.45) is 0.921. The Morgan fingerprint density at radius 1 is 1.47 bits per heavy atom. The fourth-order valence-corrected chi connectivity index (χ4v) is 2.25. The van der Waals surface area contributed by atoms with Crippen molar-refractivity contribution in [1.29, 1.82) is 0 Å².